The molecule has 0 unspecified atom stereocenters. The average molecular weight is 707 g/mol. The van der Waals surface area contributed by atoms with Crippen molar-refractivity contribution in [3.05, 3.63) is 182 Å². The molecule has 0 atom stereocenters. The smallest absolute Gasteiger partial charge is 0.164 e. The molecule has 0 radical (unpaired) electrons. The van der Waals surface area contributed by atoms with Crippen molar-refractivity contribution in [2.75, 3.05) is 0 Å². The van der Waals surface area contributed by atoms with Gasteiger partial charge in [0.1, 0.15) is 0 Å². The minimum atomic E-state index is 0.643. The van der Waals surface area contributed by atoms with Gasteiger partial charge in [0.25, 0.3) is 0 Å². The molecule has 0 N–H and O–H groups in total. The molecule has 0 spiro atoms. The molecule has 11 rings (SSSR count). The van der Waals surface area contributed by atoms with Crippen molar-refractivity contribution < 1.29 is 0 Å². The zero-order valence-electron chi connectivity index (χ0n) is 29.0. The molecule has 0 aliphatic rings. The predicted molar refractivity (Wildman–Crippen MR) is 226 cm³/mol. The molecule has 3 heterocycles. The maximum absolute atomic E-state index is 5.26. The highest BCUT2D eigenvalue weighted by Gasteiger charge is 2.23. The molecule has 0 aliphatic carbocycles. The summed E-state index contributed by atoms with van der Waals surface area (Å²) in [5.74, 6) is 1.93. The van der Waals surface area contributed by atoms with Crippen LogP contribution >= 0.6 is 11.3 Å². The third-order valence-electron chi connectivity index (χ3n) is 10.4. The van der Waals surface area contributed by atoms with Crippen molar-refractivity contribution in [2.45, 2.75) is 0 Å². The van der Waals surface area contributed by atoms with Crippen LogP contribution < -0.4 is 0 Å². The van der Waals surface area contributed by atoms with Crippen LogP contribution in [-0.2, 0) is 0 Å². The molecule has 54 heavy (non-hydrogen) atoms. The van der Waals surface area contributed by atoms with Gasteiger partial charge >= 0.3 is 0 Å². The molecule has 0 saturated carbocycles. The topological polar surface area (TPSA) is 43.6 Å². The van der Waals surface area contributed by atoms with Gasteiger partial charge in [-0.3, -0.25) is 0 Å². The summed E-state index contributed by atoms with van der Waals surface area (Å²) < 4.78 is 4.94. The lowest BCUT2D eigenvalue weighted by Gasteiger charge is -2.13. The monoisotopic (exact) mass is 706 g/mol. The number of nitrogens with zero attached hydrogens (tertiary/aromatic N) is 4. The maximum Gasteiger partial charge on any atom is 0.164 e. The summed E-state index contributed by atoms with van der Waals surface area (Å²) >= 11 is 1.88. The van der Waals surface area contributed by atoms with Crippen LogP contribution in [0.3, 0.4) is 0 Å². The summed E-state index contributed by atoms with van der Waals surface area (Å²) in [6, 6.07) is 64.2. The Hall–Kier alpha value is -6.95. The van der Waals surface area contributed by atoms with E-state index >= 15 is 0 Å². The van der Waals surface area contributed by atoms with Crippen LogP contribution in [0.25, 0.3) is 104 Å². The van der Waals surface area contributed by atoms with E-state index in [1.54, 1.807) is 0 Å². The van der Waals surface area contributed by atoms with Crippen LogP contribution in [0.15, 0.2) is 182 Å². The van der Waals surface area contributed by atoms with Gasteiger partial charge in [-0.05, 0) is 40.8 Å². The van der Waals surface area contributed by atoms with E-state index in [1.165, 1.54) is 47.5 Å². The van der Waals surface area contributed by atoms with Gasteiger partial charge in [-0.2, -0.15) is 0 Å². The van der Waals surface area contributed by atoms with Crippen LogP contribution in [-0.4, -0.2) is 19.5 Å². The number of benzene rings is 8. The molecule has 252 valence electrons. The van der Waals surface area contributed by atoms with Crippen molar-refractivity contribution in [3.63, 3.8) is 0 Å². The van der Waals surface area contributed by atoms with Crippen molar-refractivity contribution in [2.24, 2.45) is 0 Å². The normalized spacial score (nSPS) is 11.7. The molecule has 3 aromatic heterocycles. The Kier molecular flexibility index (Phi) is 7.00. The third kappa shape index (κ3) is 4.79. The Morgan fingerprint density at radius 1 is 0.352 bits per heavy atom. The zero-order valence-corrected chi connectivity index (χ0v) is 29.8. The Morgan fingerprint density at radius 3 is 1.57 bits per heavy atom. The zero-order chi connectivity index (χ0) is 35.6. The van der Waals surface area contributed by atoms with E-state index in [9.17, 15) is 0 Å². The Labute approximate surface area is 315 Å². The average Bonchev–Trinajstić information content (AvgIpc) is 3.80. The fraction of sp³-hybridized carbons (Fsp3) is 0. The van der Waals surface area contributed by atoms with Crippen LogP contribution in [0.5, 0.6) is 0 Å². The lowest BCUT2D eigenvalue weighted by atomic mass is 9.96. The number of hydrogen-bond donors (Lipinski definition) is 0. The van der Waals surface area contributed by atoms with Gasteiger partial charge in [-0.1, -0.05) is 158 Å². The molecule has 5 heteroatoms. The predicted octanol–water partition coefficient (Wildman–Crippen LogP) is 13.2. The second-order valence-corrected chi connectivity index (χ2v) is 14.6. The largest absolute Gasteiger partial charge is 0.309 e. The first-order valence-corrected chi connectivity index (χ1v) is 18.9. The highest BCUT2D eigenvalue weighted by atomic mass is 32.1. The van der Waals surface area contributed by atoms with Crippen molar-refractivity contribution >= 4 is 64.1 Å². The van der Waals surface area contributed by atoms with E-state index in [-0.39, 0.29) is 0 Å². The number of fused-ring (bicyclic) bond motifs is 9. The first-order valence-electron chi connectivity index (χ1n) is 18.1. The first kappa shape index (κ1) is 30.7. The van der Waals surface area contributed by atoms with E-state index in [2.05, 4.69) is 150 Å². The van der Waals surface area contributed by atoms with Gasteiger partial charge < -0.3 is 4.57 Å². The summed E-state index contributed by atoms with van der Waals surface area (Å²) in [6.07, 6.45) is 0. The minimum Gasteiger partial charge on any atom is -0.309 e. The van der Waals surface area contributed by atoms with E-state index < -0.39 is 0 Å². The lowest BCUT2D eigenvalue weighted by molar-refractivity contribution is 1.08. The van der Waals surface area contributed by atoms with E-state index in [1.807, 2.05) is 47.7 Å². The standard InChI is InChI=1S/C49H30N4S/c1-5-16-31(17-6-1)35-25-15-26-37-38-29-28-36-40(49-51-47(32-18-7-2-8-19-32)50-48(52-49)33-20-9-3-10-21-33)30-42-43(44(36)46(38)54-45(35)37)39-24-13-14-27-41(39)53(42)34-22-11-4-12-23-34/h1-30H. The molecule has 0 bridgehead atoms. The van der Waals surface area contributed by atoms with Crippen LogP contribution in [0.1, 0.15) is 0 Å². The Bertz CT molecular complexity index is 3130. The van der Waals surface area contributed by atoms with Gasteiger partial charge in [0, 0.05) is 58.7 Å². The second kappa shape index (κ2) is 12.3. The van der Waals surface area contributed by atoms with Gasteiger partial charge in [0.05, 0.1) is 11.0 Å². The molecule has 0 fully saturated rings. The summed E-state index contributed by atoms with van der Waals surface area (Å²) in [7, 11) is 0. The summed E-state index contributed by atoms with van der Waals surface area (Å²) in [5.41, 5.74) is 8.71. The maximum atomic E-state index is 5.26. The number of thiophene rings is 1. The number of para-hydroxylation sites is 2. The van der Waals surface area contributed by atoms with Crippen molar-refractivity contribution in [1.29, 1.82) is 0 Å². The lowest BCUT2D eigenvalue weighted by Crippen LogP contribution is -2.01. The van der Waals surface area contributed by atoms with Crippen molar-refractivity contribution in [3.8, 4) is 51.0 Å². The van der Waals surface area contributed by atoms with Crippen molar-refractivity contribution in [1.82, 2.24) is 19.5 Å². The molecular weight excluding hydrogens is 677 g/mol. The molecule has 0 amide bonds. The van der Waals surface area contributed by atoms with E-state index in [4.69, 9.17) is 15.0 Å². The first-order chi connectivity index (χ1) is 26.8. The van der Waals surface area contributed by atoms with Gasteiger partial charge in [0.15, 0.2) is 17.5 Å². The Balaban J connectivity index is 1.32. The fourth-order valence-electron chi connectivity index (χ4n) is 8.02. The summed E-state index contributed by atoms with van der Waals surface area (Å²) in [4.78, 5) is 15.6. The van der Waals surface area contributed by atoms with E-state index in [0.29, 0.717) is 17.5 Å². The molecule has 4 nitrogen and oxygen atoms in total. The number of hydrogen-bond acceptors (Lipinski definition) is 4. The highest BCUT2D eigenvalue weighted by Crippen LogP contribution is 2.48. The molecule has 8 aromatic carbocycles. The molecular formula is C49H30N4S. The number of rotatable bonds is 5. The van der Waals surface area contributed by atoms with Gasteiger partial charge in [0.2, 0.25) is 0 Å². The third-order valence-corrected chi connectivity index (χ3v) is 11.7. The SMILES string of the molecule is c1ccc(-c2nc(-c3ccccc3)nc(-c3cc4c(c5ccccc5n4-c4ccccc4)c4c3ccc3c5cccc(-c6ccccc6)c5sc34)n2)cc1. The van der Waals surface area contributed by atoms with Gasteiger partial charge in [-0.25, -0.2) is 15.0 Å². The van der Waals surface area contributed by atoms with Gasteiger partial charge in [-0.15, -0.1) is 11.3 Å². The van der Waals surface area contributed by atoms with E-state index in [0.717, 1.165) is 38.8 Å². The Morgan fingerprint density at radius 2 is 0.889 bits per heavy atom. The number of aromatic nitrogens is 4. The second-order valence-electron chi connectivity index (χ2n) is 13.6. The fourth-order valence-corrected chi connectivity index (χ4v) is 9.41. The van der Waals surface area contributed by atoms with Crippen LogP contribution in [0.2, 0.25) is 0 Å². The molecule has 11 aromatic rings. The minimum absolute atomic E-state index is 0.643. The van der Waals surface area contributed by atoms with Crippen LogP contribution in [0.4, 0.5) is 0 Å². The summed E-state index contributed by atoms with van der Waals surface area (Å²) in [6.45, 7) is 0. The van der Waals surface area contributed by atoms with Crippen LogP contribution in [0, 0.1) is 0 Å². The molecule has 0 saturated heterocycles. The molecule has 0 aliphatic heterocycles. The quantitative estimate of drug-likeness (QED) is 0.179. The summed E-state index contributed by atoms with van der Waals surface area (Å²) in [5, 5.41) is 7.29. The highest BCUT2D eigenvalue weighted by molar-refractivity contribution is 7.27.